The maximum atomic E-state index is 5.47. The Morgan fingerprint density at radius 1 is 0.879 bits per heavy atom. The van der Waals surface area contributed by atoms with Crippen LogP contribution in [-0.2, 0) is 0 Å². The minimum absolute atomic E-state index is 0.169. The number of ether oxygens (including phenoxy) is 3. The summed E-state index contributed by atoms with van der Waals surface area (Å²) in [6.45, 7) is 8.34. The first-order chi connectivity index (χ1) is 15.9. The fourth-order valence-corrected chi connectivity index (χ4v) is 3.52. The van der Waals surface area contributed by atoms with Gasteiger partial charge in [0.05, 0.1) is 39.5 Å². The van der Waals surface area contributed by atoms with Crippen LogP contribution in [0.1, 0.15) is 45.5 Å². The van der Waals surface area contributed by atoms with Crippen LogP contribution in [0.3, 0.4) is 0 Å². The molecule has 0 fully saturated rings. The SMILES string of the molecule is COc1cc(-n2cnc(Nc3nc(C(C)C)nc4c3ncn4C(C)C)c2)cc(OC)c1OC. The number of benzene rings is 1. The Kier molecular flexibility index (Phi) is 6.08. The van der Waals surface area contributed by atoms with Crippen LogP contribution in [-0.4, -0.2) is 50.4 Å². The number of nitrogens with zero attached hydrogens (tertiary/aromatic N) is 6. The van der Waals surface area contributed by atoms with Gasteiger partial charge in [-0.2, -0.15) is 0 Å². The van der Waals surface area contributed by atoms with Gasteiger partial charge >= 0.3 is 0 Å². The van der Waals surface area contributed by atoms with E-state index in [2.05, 4.69) is 43.0 Å². The molecule has 174 valence electrons. The van der Waals surface area contributed by atoms with Gasteiger partial charge in [-0.15, -0.1) is 0 Å². The van der Waals surface area contributed by atoms with Crippen molar-refractivity contribution in [3.63, 3.8) is 0 Å². The minimum Gasteiger partial charge on any atom is -0.493 e. The molecule has 0 unspecified atom stereocenters. The molecule has 10 heteroatoms. The Labute approximate surface area is 192 Å². The van der Waals surface area contributed by atoms with Crippen molar-refractivity contribution < 1.29 is 14.2 Å². The normalized spacial score (nSPS) is 11.4. The molecule has 3 aromatic heterocycles. The van der Waals surface area contributed by atoms with Crippen LogP contribution >= 0.6 is 0 Å². The van der Waals surface area contributed by atoms with E-state index in [4.69, 9.17) is 24.2 Å². The van der Waals surface area contributed by atoms with Crippen LogP contribution in [0.2, 0.25) is 0 Å². The van der Waals surface area contributed by atoms with E-state index < -0.39 is 0 Å². The van der Waals surface area contributed by atoms with E-state index >= 15 is 0 Å². The van der Waals surface area contributed by atoms with Crippen LogP contribution in [0.4, 0.5) is 11.6 Å². The number of methoxy groups -OCH3 is 3. The quantitative estimate of drug-likeness (QED) is 0.418. The van der Waals surface area contributed by atoms with Gasteiger partial charge in [-0.25, -0.2) is 19.9 Å². The average Bonchev–Trinajstić information content (AvgIpc) is 3.45. The van der Waals surface area contributed by atoms with Crippen LogP contribution in [0, 0.1) is 0 Å². The molecule has 4 aromatic rings. The van der Waals surface area contributed by atoms with Crippen LogP contribution in [0.25, 0.3) is 16.9 Å². The highest BCUT2D eigenvalue weighted by atomic mass is 16.5. The number of hydrogen-bond donors (Lipinski definition) is 1. The van der Waals surface area contributed by atoms with Gasteiger partial charge < -0.3 is 28.7 Å². The van der Waals surface area contributed by atoms with Crippen LogP contribution in [0.5, 0.6) is 17.2 Å². The molecule has 3 heterocycles. The largest absolute Gasteiger partial charge is 0.493 e. The average molecular weight is 452 g/mol. The molecule has 0 saturated heterocycles. The molecule has 0 amide bonds. The first-order valence-corrected chi connectivity index (χ1v) is 10.7. The number of anilines is 2. The summed E-state index contributed by atoms with van der Waals surface area (Å²) in [5.41, 5.74) is 2.32. The second-order valence-corrected chi connectivity index (χ2v) is 8.18. The highest BCUT2D eigenvalue weighted by Gasteiger charge is 2.18. The summed E-state index contributed by atoms with van der Waals surface area (Å²) in [6, 6.07) is 3.95. The molecule has 33 heavy (non-hydrogen) atoms. The van der Waals surface area contributed by atoms with Gasteiger partial charge in [-0.1, -0.05) is 13.8 Å². The Morgan fingerprint density at radius 3 is 2.15 bits per heavy atom. The molecule has 0 bridgehead atoms. The monoisotopic (exact) mass is 451 g/mol. The number of fused-ring (bicyclic) bond motifs is 1. The third-order valence-corrected chi connectivity index (χ3v) is 5.29. The molecular formula is C23H29N7O3. The number of nitrogens with one attached hydrogen (secondary N) is 1. The predicted octanol–water partition coefficient (Wildman–Crippen LogP) is 4.49. The van der Waals surface area contributed by atoms with Gasteiger partial charge in [0, 0.05) is 24.1 Å². The number of aromatic nitrogens is 6. The Hall–Kier alpha value is -3.82. The van der Waals surface area contributed by atoms with Crippen molar-refractivity contribution in [2.45, 2.75) is 39.7 Å². The number of rotatable bonds is 8. The van der Waals surface area contributed by atoms with E-state index in [-0.39, 0.29) is 12.0 Å². The van der Waals surface area contributed by atoms with Gasteiger partial charge in [-0.05, 0) is 13.8 Å². The molecule has 0 atom stereocenters. The highest BCUT2D eigenvalue weighted by molar-refractivity contribution is 5.85. The van der Waals surface area contributed by atoms with E-state index in [0.29, 0.717) is 34.4 Å². The van der Waals surface area contributed by atoms with Gasteiger partial charge in [0.25, 0.3) is 0 Å². The van der Waals surface area contributed by atoms with Crippen molar-refractivity contribution in [1.82, 2.24) is 29.1 Å². The zero-order chi connectivity index (χ0) is 23.7. The lowest BCUT2D eigenvalue weighted by Gasteiger charge is -2.14. The zero-order valence-electron chi connectivity index (χ0n) is 19.9. The second kappa shape index (κ2) is 8.97. The summed E-state index contributed by atoms with van der Waals surface area (Å²) in [7, 11) is 4.75. The van der Waals surface area contributed by atoms with Crippen molar-refractivity contribution in [3.8, 4) is 22.9 Å². The molecule has 10 nitrogen and oxygen atoms in total. The first-order valence-electron chi connectivity index (χ1n) is 10.7. The smallest absolute Gasteiger partial charge is 0.203 e. The van der Waals surface area contributed by atoms with Crippen molar-refractivity contribution in [2.24, 2.45) is 0 Å². The Bertz CT molecular complexity index is 1250. The fourth-order valence-electron chi connectivity index (χ4n) is 3.52. The molecule has 0 aliphatic rings. The lowest BCUT2D eigenvalue weighted by Crippen LogP contribution is -2.06. The molecular weight excluding hydrogens is 422 g/mol. The molecule has 0 aliphatic heterocycles. The molecule has 0 aliphatic carbocycles. The molecule has 1 N–H and O–H groups in total. The lowest BCUT2D eigenvalue weighted by atomic mass is 10.2. The highest BCUT2D eigenvalue weighted by Crippen LogP contribution is 2.39. The lowest BCUT2D eigenvalue weighted by molar-refractivity contribution is 0.324. The van der Waals surface area contributed by atoms with Crippen LogP contribution < -0.4 is 19.5 Å². The summed E-state index contributed by atoms with van der Waals surface area (Å²) < 4.78 is 20.3. The molecule has 1 aromatic carbocycles. The van der Waals surface area contributed by atoms with E-state index in [1.807, 2.05) is 27.5 Å². The predicted molar refractivity (Wildman–Crippen MR) is 126 cm³/mol. The van der Waals surface area contributed by atoms with E-state index in [9.17, 15) is 0 Å². The second-order valence-electron chi connectivity index (χ2n) is 8.18. The van der Waals surface area contributed by atoms with E-state index in [0.717, 1.165) is 17.2 Å². The van der Waals surface area contributed by atoms with Gasteiger partial charge in [-0.3, -0.25) is 0 Å². The first kappa shape index (κ1) is 22.4. The van der Waals surface area contributed by atoms with E-state index in [1.54, 1.807) is 34.0 Å². The summed E-state index contributed by atoms with van der Waals surface area (Å²) in [4.78, 5) is 18.5. The van der Waals surface area contributed by atoms with Crippen molar-refractivity contribution in [3.05, 3.63) is 36.8 Å². The maximum Gasteiger partial charge on any atom is 0.203 e. The van der Waals surface area contributed by atoms with Crippen molar-refractivity contribution in [2.75, 3.05) is 26.6 Å². The van der Waals surface area contributed by atoms with Gasteiger partial charge in [0.15, 0.2) is 28.5 Å². The summed E-state index contributed by atoms with van der Waals surface area (Å²) >= 11 is 0. The van der Waals surface area contributed by atoms with Gasteiger partial charge in [0.2, 0.25) is 5.75 Å². The fraction of sp³-hybridized carbons (Fsp3) is 0.391. The van der Waals surface area contributed by atoms with Crippen molar-refractivity contribution in [1.29, 1.82) is 0 Å². The summed E-state index contributed by atoms with van der Waals surface area (Å²) in [6.07, 6.45) is 5.37. The molecule has 0 spiro atoms. The minimum atomic E-state index is 0.169. The van der Waals surface area contributed by atoms with Gasteiger partial charge in [0.1, 0.15) is 18.0 Å². The third-order valence-electron chi connectivity index (χ3n) is 5.29. The Morgan fingerprint density at radius 2 is 1.58 bits per heavy atom. The van der Waals surface area contributed by atoms with Crippen molar-refractivity contribution >= 4 is 22.8 Å². The molecule has 4 rings (SSSR count). The zero-order valence-corrected chi connectivity index (χ0v) is 19.9. The number of imidazole rings is 2. The standard InChI is InChI=1S/C23H29N7O3/c1-13(2)21-27-22(19-23(28-21)30(12-25-19)14(3)4)26-18-10-29(11-24-18)15-8-16(31-5)20(33-7)17(9-15)32-6/h8-14H,1-7H3,(H,26,27,28). The molecule has 0 radical (unpaired) electrons. The topological polar surface area (TPSA) is 101 Å². The van der Waals surface area contributed by atoms with E-state index in [1.165, 1.54) is 0 Å². The molecule has 0 saturated carbocycles. The maximum absolute atomic E-state index is 5.47. The summed E-state index contributed by atoms with van der Waals surface area (Å²) in [5.74, 6) is 3.82. The Balaban J connectivity index is 1.73. The third kappa shape index (κ3) is 4.15. The summed E-state index contributed by atoms with van der Waals surface area (Å²) in [5, 5.41) is 3.32. The van der Waals surface area contributed by atoms with Crippen LogP contribution in [0.15, 0.2) is 31.0 Å². The number of hydrogen-bond acceptors (Lipinski definition) is 8.